The van der Waals surface area contributed by atoms with Crippen LogP contribution in [0.3, 0.4) is 0 Å². The number of hydrogen-bond donors (Lipinski definition) is 0. The Labute approximate surface area is 168 Å². The highest BCUT2D eigenvalue weighted by molar-refractivity contribution is 9.10. The fourth-order valence-corrected chi connectivity index (χ4v) is 3.34. The summed E-state index contributed by atoms with van der Waals surface area (Å²) in [5, 5.41) is 0. The minimum atomic E-state index is -0.364. The van der Waals surface area contributed by atoms with Gasteiger partial charge in [-0.1, -0.05) is 15.9 Å². The van der Waals surface area contributed by atoms with E-state index in [0.717, 1.165) is 27.2 Å². The lowest BCUT2D eigenvalue weighted by Crippen LogP contribution is -2.30. The number of hydrogen-bond acceptors (Lipinski definition) is 4. The van der Waals surface area contributed by atoms with Crippen LogP contribution >= 0.6 is 15.9 Å². The lowest BCUT2D eigenvalue weighted by atomic mass is 10.2. The first kappa shape index (κ1) is 21.0. The van der Waals surface area contributed by atoms with Gasteiger partial charge in [0.25, 0.3) is 0 Å². The van der Waals surface area contributed by atoms with Gasteiger partial charge in [-0.05, 0) is 45.0 Å². The molecule has 1 heterocycles. The van der Waals surface area contributed by atoms with E-state index < -0.39 is 0 Å². The molecule has 2 aromatic rings. The predicted molar refractivity (Wildman–Crippen MR) is 107 cm³/mol. The van der Waals surface area contributed by atoms with Gasteiger partial charge in [0.2, 0.25) is 5.91 Å². The molecule has 0 radical (unpaired) electrons. The Morgan fingerprint density at radius 3 is 2.56 bits per heavy atom. The molecule has 0 bridgehead atoms. The van der Waals surface area contributed by atoms with Gasteiger partial charge in [-0.15, -0.1) is 0 Å². The summed E-state index contributed by atoms with van der Waals surface area (Å²) in [6, 6.07) is 7.46. The van der Waals surface area contributed by atoms with Crippen molar-refractivity contribution in [2.24, 2.45) is 0 Å². The van der Waals surface area contributed by atoms with E-state index >= 15 is 0 Å². The molecule has 0 fully saturated rings. The van der Waals surface area contributed by atoms with Crippen LogP contribution in [0.15, 0.2) is 28.7 Å². The molecule has 146 valence electrons. The van der Waals surface area contributed by atoms with Gasteiger partial charge >= 0.3 is 5.97 Å². The third-order valence-corrected chi connectivity index (χ3v) is 4.93. The van der Waals surface area contributed by atoms with Crippen LogP contribution in [0.4, 0.5) is 0 Å². The van der Waals surface area contributed by atoms with Gasteiger partial charge < -0.3 is 18.9 Å². The van der Waals surface area contributed by atoms with E-state index in [1.54, 1.807) is 32.0 Å². The molecule has 27 heavy (non-hydrogen) atoms. The number of benzene rings is 1. The van der Waals surface area contributed by atoms with Crippen LogP contribution in [0.1, 0.15) is 34.2 Å². The van der Waals surface area contributed by atoms with Crippen molar-refractivity contribution in [1.29, 1.82) is 0 Å². The SMILES string of the molecule is CCOC(=O)c1cc(C)n(CC(=O)N(C)Cc2cc(Br)ccc2OC)c1C. The molecular formula is C20H25BrN2O4. The summed E-state index contributed by atoms with van der Waals surface area (Å²) in [4.78, 5) is 26.4. The molecule has 6 nitrogen and oxygen atoms in total. The van der Waals surface area contributed by atoms with Crippen molar-refractivity contribution in [3.63, 3.8) is 0 Å². The molecule has 0 aliphatic carbocycles. The first-order valence-electron chi connectivity index (χ1n) is 8.68. The van der Waals surface area contributed by atoms with Crippen LogP contribution in [0, 0.1) is 13.8 Å². The number of nitrogens with zero attached hydrogens (tertiary/aromatic N) is 2. The molecule has 0 saturated heterocycles. The van der Waals surface area contributed by atoms with Crippen molar-refractivity contribution >= 4 is 27.8 Å². The largest absolute Gasteiger partial charge is 0.496 e. The Hall–Kier alpha value is -2.28. The first-order chi connectivity index (χ1) is 12.8. The van der Waals surface area contributed by atoms with E-state index in [1.165, 1.54) is 0 Å². The maximum Gasteiger partial charge on any atom is 0.339 e. The van der Waals surface area contributed by atoms with E-state index in [0.29, 0.717) is 18.7 Å². The van der Waals surface area contributed by atoms with E-state index in [9.17, 15) is 9.59 Å². The average molecular weight is 437 g/mol. The van der Waals surface area contributed by atoms with E-state index in [1.807, 2.05) is 36.6 Å². The highest BCUT2D eigenvalue weighted by Gasteiger charge is 2.20. The number of ether oxygens (including phenoxy) is 2. The van der Waals surface area contributed by atoms with Crippen LogP contribution in [0.25, 0.3) is 0 Å². The van der Waals surface area contributed by atoms with Crippen molar-refractivity contribution in [3.8, 4) is 5.75 Å². The number of methoxy groups -OCH3 is 1. The summed E-state index contributed by atoms with van der Waals surface area (Å²) in [5.74, 6) is 0.307. The minimum absolute atomic E-state index is 0.0609. The molecule has 1 amide bonds. The zero-order valence-corrected chi connectivity index (χ0v) is 17.9. The normalized spacial score (nSPS) is 10.6. The Balaban J connectivity index is 2.15. The van der Waals surface area contributed by atoms with Crippen molar-refractivity contribution < 1.29 is 19.1 Å². The Kier molecular flexibility index (Phi) is 7.07. The number of carbonyl (C=O) groups excluding carboxylic acids is 2. The number of halogens is 1. The van der Waals surface area contributed by atoms with E-state index in [-0.39, 0.29) is 18.4 Å². The van der Waals surface area contributed by atoms with E-state index in [4.69, 9.17) is 9.47 Å². The van der Waals surface area contributed by atoms with Gasteiger partial charge in [-0.2, -0.15) is 0 Å². The van der Waals surface area contributed by atoms with E-state index in [2.05, 4.69) is 15.9 Å². The zero-order valence-electron chi connectivity index (χ0n) is 16.3. The Morgan fingerprint density at radius 2 is 1.93 bits per heavy atom. The third kappa shape index (κ3) is 4.91. The van der Waals surface area contributed by atoms with Gasteiger partial charge in [-0.3, -0.25) is 4.79 Å². The second kappa shape index (κ2) is 9.08. The lowest BCUT2D eigenvalue weighted by Gasteiger charge is -2.20. The molecule has 1 aromatic carbocycles. The number of aryl methyl sites for hydroxylation is 1. The monoisotopic (exact) mass is 436 g/mol. The topological polar surface area (TPSA) is 60.8 Å². The molecule has 2 rings (SSSR count). The van der Waals surface area contributed by atoms with Gasteiger partial charge in [0.05, 0.1) is 19.3 Å². The number of rotatable bonds is 7. The number of likely N-dealkylation sites (N-methyl/N-ethyl adjacent to an activating group) is 1. The van der Waals surface area contributed by atoms with Crippen LogP contribution in [-0.4, -0.2) is 42.1 Å². The molecule has 0 saturated carbocycles. The molecule has 0 unspecified atom stereocenters. The first-order valence-corrected chi connectivity index (χ1v) is 9.48. The fraction of sp³-hybridized carbons (Fsp3) is 0.400. The van der Waals surface area contributed by atoms with Gasteiger partial charge in [0, 0.05) is 35.0 Å². The zero-order chi connectivity index (χ0) is 20.1. The molecule has 0 N–H and O–H groups in total. The molecule has 0 aliphatic heterocycles. The second-order valence-corrected chi connectivity index (χ2v) is 7.21. The highest BCUT2D eigenvalue weighted by Crippen LogP contribution is 2.24. The average Bonchev–Trinajstić information content (AvgIpc) is 2.90. The number of esters is 1. The summed E-state index contributed by atoms with van der Waals surface area (Å²) < 4.78 is 13.2. The molecule has 0 aliphatic rings. The summed E-state index contributed by atoms with van der Waals surface area (Å²) in [6.07, 6.45) is 0. The van der Waals surface area contributed by atoms with Crippen LogP contribution in [-0.2, 0) is 22.6 Å². The summed E-state index contributed by atoms with van der Waals surface area (Å²) in [6.45, 7) is 6.37. The van der Waals surface area contributed by atoms with Crippen molar-refractivity contribution in [2.75, 3.05) is 20.8 Å². The van der Waals surface area contributed by atoms with Crippen molar-refractivity contribution in [3.05, 3.63) is 51.3 Å². The summed E-state index contributed by atoms with van der Waals surface area (Å²) >= 11 is 3.45. The highest BCUT2D eigenvalue weighted by atomic mass is 79.9. The van der Waals surface area contributed by atoms with Crippen molar-refractivity contribution in [2.45, 2.75) is 33.9 Å². The maximum absolute atomic E-state index is 12.7. The standard InChI is InChI=1S/C20H25BrN2O4/c1-6-27-20(25)17-9-13(2)23(14(17)3)12-19(24)22(4)11-15-10-16(21)7-8-18(15)26-5/h7-10H,6,11-12H2,1-5H3. The number of carbonyl (C=O) groups is 2. The van der Waals surface area contributed by atoms with Crippen LogP contribution < -0.4 is 4.74 Å². The summed E-state index contributed by atoms with van der Waals surface area (Å²) in [5.41, 5.74) is 2.99. The van der Waals surface area contributed by atoms with Gasteiger partial charge in [0.1, 0.15) is 12.3 Å². The third-order valence-electron chi connectivity index (χ3n) is 4.44. The molecule has 7 heteroatoms. The van der Waals surface area contributed by atoms with Gasteiger partial charge in [0.15, 0.2) is 0 Å². The molecular weight excluding hydrogens is 412 g/mol. The second-order valence-electron chi connectivity index (χ2n) is 6.30. The minimum Gasteiger partial charge on any atom is -0.496 e. The smallest absolute Gasteiger partial charge is 0.339 e. The Morgan fingerprint density at radius 1 is 1.22 bits per heavy atom. The number of amides is 1. The Bertz CT molecular complexity index is 845. The number of aromatic nitrogens is 1. The molecule has 0 atom stereocenters. The lowest BCUT2D eigenvalue weighted by molar-refractivity contribution is -0.131. The molecule has 0 spiro atoms. The quantitative estimate of drug-likeness (QED) is 0.620. The molecule has 1 aromatic heterocycles. The maximum atomic E-state index is 12.7. The van der Waals surface area contributed by atoms with Crippen LogP contribution in [0.5, 0.6) is 5.75 Å². The van der Waals surface area contributed by atoms with Crippen LogP contribution in [0.2, 0.25) is 0 Å². The summed E-state index contributed by atoms with van der Waals surface area (Å²) in [7, 11) is 3.36. The predicted octanol–water partition coefficient (Wildman–Crippen LogP) is 3.71. The van der Waals surface area contributed by atoms with Crippen molar-refractivity contribution in [1.82, 2.24) is 9.47 Å². The fourth-order valence-electron chi connectivity index (χ4n) is 2.93. The van der Waals surface area contributed by atoms with Gasteiger partial charge in [-0.25, -0.2) is 4.79 Å².